The second-order valence-electron chi connectivity index (χ2n) is 13.1. The summed E-state index contributed by atoms with van der Waals surface area (Å²) < 4.78 is 26.9. The SMILES string of the molecule is CC1(C)CCC2(CC1)[N-][C@@H](C(=O)N[C@@H]1CC[C@@H](c3ncon3)OC1)[C@H](c1cccc(Cl)c1F)[C@]21C(=O)Nc2nc(Cl)ccc21. The first-order valence-electron chi connectivity index (χ1n) is 14.9. The van der Waals surface area contributed by atoms with Crippen LogP contribution in [0.15, 0.2) is 41.2 Å². The molecule has 2 saturated heterocycles. The van der Waals surface area contributed by atoms with Gasteiger partial charge < -0.3 is 25.2 Å². The highest BCUT2D eigenvalue weighted by molar-refractivity contribution is 6.31. The second kappa shape index (κ2) is 10.8. The van der Waals surface area contributed by atoms with Gasteiger partial charge in [-0.25, -0.2) is 9.37 Å². The van der Waals surface area contributed by atoms with Crippen LogP contribution in [-0.2, 0) is 19.7 Å². The van der Waals surface area contributed by atoms with Crippen molar-refractivity contribution in [2.45, 2.75) is 87.4 Å². The first-order valence-corrected chi connectivity index (χ1v) is 15.6. The molecule has 3 aromatic rings. The molecule has 10 nitrogen and oxygen atoms in total. The minimum absolute atomic E-state index is 0.0178. The molecule has 13 heteroatoms. The molecule has 2 aromatic heterocycles. The number of hydrogen-bond donors (Lipinski definition) is 2. The van der Waals surface area contributed by atoms with Crippen LogP contribution in [0.5, 0.6) is 0 Å². The molecule has 2 N–H and O–H groups in total. The van der Waals surface area contributed by atoms with E-state index in [1.165, 1.54) is 12.5 Å². The largest absolute Gasteiger partial charge is 0.644 e. The molecule has 0 radical (unpaired) electrons. The van der Waals surface area contributed by atoms with Gasteiger partial charge in [0.15, 0.2) is 5.82 Å². The standard InChI is InChI=1S/C31H32Cl2FN6O4/c1-29(2)10-12-30(13-11-29)31(18-7-9-21(33)37-25(18)38-28(31)42)22(17-4-3-5-19(32)23(17)34)24(39-30)27(41)36-16-6-8-20(43-14-16)26-35-15-44-40-26/h3-5,7,9,15-16,20,22,24H,6,8,10-14H2,1-2H3,(H,36,41)(H,37,38,42)/q-1/t16-,20+,22+,24-,31-/m1/s1. The van der Waals surface area contributed by atoms with Crippen LogP contribution in [0, 0.1) is 11.2 Å². The summed E-state index contributed by atoms with van der Waals surface area (Å²) in [5, 5.41) is 15.3. The lowest BCUT2D eigenvalue weighted by atomic mass is 9.53. The number of aromatic nitrogens is 3. The van der Waals surface area contributed by atoms with Crippen LogP contribution in [0.4, 0.5) is 10.2 Å². The average molecular weight is 643 g/mol. The molecule has 5 heterocycles. The molecular weight excluding hydrogens is 610 g/mol. The average Bonchev–Trinajstić information content (AvgIpc) is 3.70. The molecule has 3 aliphatic heterocycles. The van der Waals surface area contributed by atoms with Crippen molar-refractivity contribution in [2.75, 3.05) is 11.9 Å². The van der Waals surface area contributed by atoms with Gasteiger partial charge in [0.25, 0.3) is 0 Å². The number of fused-ring (bicyclic) bond motifs is 3. The predicted molar refractivity (Wildman–Crippen MR) is 160 cm³/mol. The molecule has 0 unspecified atom stereocenters. The molecule has 0 bridgehead atoms. The van der Waals surface area contributed by atoms with Gasteiger partial charge in [-0.2, -0.15) is 4.98 Å². The van der Waals surface area contributed by atoms with Crippen molar-refractivity contribution in [1.82, 2.24) is 20.4 Å². The van der Waals surface area contributed by atoms with Gasteiger partial charge in [0, 0.05) is 5.56 Å². The zero-order valence-corrected chi connectivity index (χ0v) is 25.8. The van der Waals surface area contributed by atoms with E-state index >= 15 is 4.39 Å². The Labute approximate surface area is 263 Å². The zero-order chi connectivity index (χ0) is 30.9. The third kappa shape index (κ3) is 4.54. The van der Waals surface area contributed by atoms with E-state index in [4.69, 9.17) is 37.8 Å². The lowest BCUT2D eigenvalue weighted by Crippen LogP contribution is -2.56. The third-order valence-electron chi connectivity index (χ3n) is 10.1. The van der Waals surface area contributed by atoms with E-state index in [0.717, 1.165) is 12.8 Å². The molecule has 232 valence electrons. The summed E-state index contributed by atoms with van der Waals surface area (Å²) in [6.45, 7) is 4.60. The number of carbonyl (C=O) groups excluding carboxylic acids is 2. The van der Waals surface area contributed by atoms with Crippen LogP contribution in [0.1, 0.15) is 81.3 Å². The van der Waals surface area contributed by atoms with Crippen LogP contribution in [-0.4, -0.2) is 51.2 Å². The molecule has 1 aromatic carbocycles. The van der Waals surface area contributed by atoms with Gasteiger partial charge in [0.05, 0.1) is 23.1 Å². The van der Waals surface area contributed by atoms with Crippen LogP contribution in [0.25, 0.3) is 5.32 Å². The number of pyridine rings is 1. The van der Waals surface area contributed by atoms with Crippen molar-refractivity contribution in [1.29, 1.82) is 0 Å². The quantitative estimate of drug-likeness (QED) is 0.333. The number of nitrogens with one attached hydrogen (secondary N) is 2. The molecule has 2 amide bonds. The topological polar surface area (TPSA) is 133 Å². The second-order valence-corrected chi connectivity index (χ2v) is 13.9. The normalized spacial score (nSPS) is 30.3. The van der Waals surface area contributed by atoms with Crippen molar-refractivity contribution < 1.29 is 23.2 Å². The van der Waals surface area contributed by atoms with Gasteiger partial charge in [0.1, 0.15) is 22.9 Å². The summed E-state index contributed by atoms with van der Waals surface area (Å²) in [7, 11) is 0. The summed E-state index contributed by atoms with van der Waals surface area (Å²) in [6.07, 6.45) is 4.72. The fourth-order valence-electron chi connectivity index (χ4n) is 7.83. The highest BCUT2D eigenvalue weighted by atomic mass is 35.5. The van der Waals surface area contributed by atoms with Crippen molar-refractivity contribution in [2.24, 2.45) is 5.41 Å². The fraction of sp³-hybridized carbons (Fsp3) is 0.516. The summed E-state index contributed by atoms with van der Waals surface area (Å²) in [4.78, 5) is 37.4. The fourth-order valence-corrected chi connectivity index (χ4v) is 8.16. The molecule has 1 aliphatic carbocycles. The number of nitrogens with zero attached hydrogens (tertiary/aromatic N) is 4. The van der Waals surface area contributed by atoms with Crippen LogP contribution >= 0.6 is 23.2 Å². The van der Waals surface area contributed by atoms with Crippen LogP contribution in [0.2, 0.25) is 10.2 Å². The molecule has 44 heavy (non-hydrogen) atoms. The van der Waals surface area contributed by atoms with E-state index in [9.17, 15) is 9.59 Å². The molecule has 4 aliphatic rings. The minimum atomic E-state index is -1.42. The van der Waals surface area contributed by atoms with Crippen LogP contribution in [0.3, 0.4) is 0 Å². The maximum absolute atomic E-state index is 16.1. The van der Waals surface area contributed by atoms with E-state index < -0.39 is 34.6 Å². The summed E-state index contributed by atoms with van der Waals surface area (Å²) in [6, 6.07) is 6.67. The van der Waals surface area contributed by atoms with Gasteiger partial charge in [-0.3, -0.25) is 9.59 Å². The number of halogens is 3. The number of hydrogen-bond acceptors (Lipinski definition) is 7. The van der Waals surface area contributed by atoms with E-state index in [2.05, 4.69) is 39.6 Å². The first-order chi connectivity index (χ1) is 21.0. The number of amides is 2. The molecule has 2 spiro atoms. The number of benzene rings is 1. The molecule has 3 fully saturated rings. The highest BCUT2D eigenvalue weighted by Crippen LogP contribution is 2.68. The Hall–Kier alpha value is -3.12. The number of rotatable bonds is 4. The maximum atomic E-state index is 16.1. The Morgan fingerprint density at radius 2 is 1.93 bits per heavy atom. The lowest BCUT2D eigenvalue weighted by Gasteiger charge is -2.57. The molecular formula is C31H32Cl2FN6O4-. The van der Waals surface area contributed by atoms with E-state index in [-0.39, 0.29) is 45.8 Å². The Morgan fingerprint density at radius 1 is 1.14 bits per heavy atom. The summed E-state index contributed by atoms with van der Waals surface area (Å²) in [5.74, 6) is -1.67. The molecule has 1 saturated carbocycles. The van der Waals surface area contributed by atoms with Gasteiger partial charge in [0.2, 0.25) is 18.2 Å². The molecule has 5 atom stereocenters. The highest BCUT2D eigenvalue weighted by Gasteiger charge is 2.67. The van der Waals surface area contributed by atoms with E-state index in [1.54, 1.807) is 24.3 Å². The van der Waals surface area contributed by atoms with Crippen molar-refractivity contribution >= 4 is 40.8 Å². The van der Waals surface area contributed by atoms with E-state index in [0.29, 0.717) is 42.9 Å². The minimum Gasteiger partial charge on any atom is -0.644 e. The smallest absolute Gasteiger partial charge is 0.235 e. The van der Waals surface area contributed by atoms with Crippen molar-refractivity contribution in [3.8, 4) is 0 Å². The Bertz CT molecular complexity index is 1600. The lowest BCUT2D eigenvalue weighted by molar-refractivity contribution is -0.125. The Morgan fingerprint density at radius 3 is 2.64 bits per heavy atom. The number of carbonyl (C=O) groups is 2. The summed E-state index contributed by atoms with van der Waals surface area (Å²) in [5.41, 5.74) is -1.67. The number of ether oxygens (including phenoxy) is 1. The van der Waals surface area contributed by atoms with Gasteiger partial charge >= 0.3 is 0 Å². The summed E-state index contributed by atoms with van der Waals surface area (Å²) >= 11 is 12.6. The Kier molecular flexibility index (Phi) is 7.23. The predicted octanol–water partition coefficient (Wildman–Crippen LogP) is 6.02. The monoisotopic (exact) mass is 641 g/mol. The van der Waals surface area contributed by atoms with Gasteiger partial charge in [-0.05, 0) is 60.8 Å². The zero-order valence-electron chi connectivity index (χ0n) is 24.3. The van der Waals surface area contributed by atoms with Crippen molar-refractivity contribution in [3.63, 3.8) is 0 Å². The Balaban J connectivity index is 1.31. The first kappa shape index (κ1) is 29.6. The van der Waals surface area contributed by atoms with Gasteiger partial charge in [-0.1, -0.05) is 73.2 Å². The third-order valence-corrected chi connectivity index (χ3v) is 10.6. The number of anilines is 1. The van der Waals surface area contributed by atoms with Crippen LogP contribution < -0.4 is 10.6 Å². The maximum Gasteiger partial charge on any atom is 0.235 e. The van der Waals surface area contributed by atoms with Gasteiger partial charge in [-0.15, -0.1) is 5.54 Å². The van der Waals surface area contributed by atoms with Crippen molar-refractivity contribution in [3.05, 3.63) is 75.0 Å². The molecule has 7 rings (SSSR count). The van der Waals surface area contributed by atoms with E-state index in [1.807, 2.05) is 0 Å².